The van der Waals surface area contributed by atoms with E-state index in [9.17, 15) is 0 Å². The number of aromatic nitrogens is 2. The summed E-state index contributed by atoms with van der Waals surface area (Å²) in [6, 6.07) is 18.4. The minimum Gasteiger partial charge on any atom is -0.454 e. The molecule has 2 aromatic carbocycles. The highest BCUT2D eigenvalue weighted by molar-refractivity contribution is 5.68. The number of anilines is 3. The molecule has 5 rings (SSSR count). The van der Waals surface area contributed by atoms with Gasteiger partial charge in [0.2, 0.25) is 12.7 Å². The summed E-state index contributed by atoms with van der Waals surface area (Å²) in [7, 11) is 0. The first kappa shape index (κ1) is 16.9. The van der Waals surface area contributed by atoms with Gasteiger partial charge in [0.1, 0.15) is 5.82 Å². The number of nitrogens with one attached hydrogen (secondary N) is 2. The van der Waals surface area contributed by atoms with Gasteiger partial charge in [-0.15, -0.1) is 0 Å². The standard InChI is InChI=1S/C22H22N4O2/c1-2-6-15(7-3-1)18-13-21(26-22(25-18)24-16-8-4-5-9-16)23-17-10-11-19-20(12-17)28-14-27-19/h1-3,6-7,10-13,16H,4-5,8-9,14H2,(H2,23,24,25,26). The predicted octanol–water partition coefficient (Wildman–Crippen LogP) is 4.97. The van der Waals surface area contributed by atoms with Gasteiger partial charge in [0.15, 0.2) is 11.5 Å². The Morgan fingerprint density at radius 2 is 1.68 bits per heavy atom. The number of ether oxygens (including phenoxy) is 2. The average Bonchev–Trinajstić information content (AvgIpc) is 3.40. The smallest absolute Gasteiger partial charge is 0.231 e. The summed E-state index contributed by atoms with van der Waals surface area (Å²) in [5.74, 6) is 2.91. The molecule has 0 unspecified atom stereocenters. The van der Waals surface area contributed by atoms with Crippen molar-refractivity contribution in [2.45, 2.75) is 31.7 Å². The Morgan fingerprint density at radius 1 is 0.857 bits per heavy atom. The van der Waals surface area contributed by atoms with Crippen LogP contribution in [0.1, 0.15) is 25.7 Å². The van der Waals surface area contributed by atoms with Gasteiger partial charge in [-0.05, 0) is 25.0 Å². The first-order valence-corrected chi connectivity index (χ1v) is 9.71. The first-order chi connectivity index (χ1) is 13.8. The van der Waals surface area contributed by atoms with Crippen LogP contribution in [-0.4, -0.2) is 22.8 Å². The van der Waals surface area contributed by atoms with E-state index in [0.29, 0.717) is 12.0 Å². The molecule has 2 N–H and O–H groups in total. The average molecular weight is 374 g/mol. The van der Waals surface area contributed by atoms with Crippen LogP contribution < -0.4 is 20.1 Å². The second kappa shape index (κ2) is 7.38. The monoisotopic (exact) mass is 374 g/mol. The Balaban J connectivity index is 1.47. The van der Waals surface area contributed by atoms with Crippen molar-refractivity contribution in [2.24, 2.45) is 0 Å². The molecule has 6 nitrogen and oxygen atoms in total. The topological polar surface area (TPSA) is 68.3 Å². The van der Waals surface area contributed by atoms with Crippen molar-refractivity contribution in [3.8, 4) is 22.8 Å². The Kier molecular flexibility index (Phi) is 4.45. The zero-order valence-corrected chi connectivity index (χ0v) is 15.5. The normalized spacial score (nSPS) is 15.6. The van der Waals surface area contributed by atoms with Crippen molar-refractivity contribution in [1.29, 1.82) is 0 Å². The Morgan fingerprint density at radius 3 is 2.54 bits per heavy atom. The lowest BCUT2D eigenvalue weighted by Crippen LogP contribution is -2.17. The highest BCUT2D eigenvalue weighted by Crippen LogP contribution is 2.35. The van der Waals surface area contributed by atoms with Gasteiger partial charge in [0.05, 0.1) is 5.69 Å². The summed E-state index contributed by atoms with van der Waals surface area (Å²) in [5.41, 5.74) is 2.85. The van der Waals surface area contributed by atoms with E-state index in [-0.39, 0.29) is 6.79 Å². The Hall–Kier alpha value is -3.28. The molecule has 28 heavy (non-hydrogen) atoms. The van der Waals surface area contributed by atoms with Gasteiger partial charge in [-0.2, -0.15) is 4.98 Å². The van der Waals surface area contributed by atoms with Gasteiger partial charge in [-0.1, -0.05) is 43.2 Å². The fraction of sp³-hybridized carbons (Fsp3) is 0.273. The van der Waals surface area contributed by atoms with E-state index in [0.717, 1.165) is 34.3 Å². The summed E-state index contributed by atoms with van der Waals surface area (Å²) in [4.78, 5) is 9.47. The van der Waals surface area contributed by atoms with Crippen molar-refractivity contribution in [3.05, 3.63) is 54.6 Å². The maximum Gasteiger partial charge on any atom is 0.231 e. The molecule has 1 fully saturated rings. The highest BCUT2D eigenvalue weighted by atomic mass is 16.7. The summed E-state index contributed by atoms with van der Waals surface area (Å²) in [6.07, 6.45) is 4.87. The maximum absolute atomic E-state index is 5.47. The summed E-state index contributed by atoms with van der Waals surface area (Å²) in [5, 5.41) is 6.89. The second-order valence-corrected chi connectivity index (χ2v) is 7.15. The molecule has 6 heteroatoms. The molecule has 0 amide bonds. The largest absolute Gasteiger partial charge is 0.454 e. The molecule has 0 spiro atoms. The van der Waals surface area contributed by atoms with Gasteiger partial charge >= 0.3 is 0 Å². The van der Waals surface area contributed by atoms with E-state index in [2.05, 4.69) is 22.8 Å². The van der Waals surface area contributed by atoms with E-state index in [1.165, 1.54) is 25.7 Å². The van der Waals surface area contributed by atoms with Gasteiger partial charge in [0, 0.05) is 29.4 Å². The van der Waals surface area contributed by atoms with Gasteiger partial charge in [-0.3, -0.25) is 0 Å². The van der Waals surface area contributed by atoms with Crippen LogP contribution in [0.2, 0.25) is 0 Å². The van der Waals surface area contributed by atoms with E-state index < -0.39 is 0 Å². The molecule has 0 radical (unpaired) electrons. The van der Waals surface area contributed by atoms with Crippen LogP contribution in [0.15, 0.2) is 54.6 Å². The lowest BCUT2D eigenvalue weighted by atomic mass is 10.1. The van der Waals surface area contributed by atoms with Gasteiger partial charge in [0.25, 0.3) is 0 Å². The molecule has 1 aliphatic heterocycles. The number of nitrogens with zero attached hydrogens (tertiary/aromatic N) is 2. The quantitative estimate of drug-likeness (QED) is 0.657. The SMILES string of the molecule is c1ccc(-c2cc(Nc3ccc4c(c3)OCO4)nc(NC3CCCC3)n2)cc1. The zero-order chi connectivity index (χ0) is 18.8. The van der Waals surface area contributed by atoms with Crippen LogP contribution in [0.5, 0.6) is 11.5 Å². The van der Waals surface area contributed by atoms with Crippen LogP contribution in [0.25, 0.3) is 11.3 Å². The number of benzene rings is 2. The molecule has 0 bridgehead atoms. The number of hydrogen-bond acceptors (Lipinski definition) is 6. The molecule has 0 saturated heterocycles. The molecule has 1 aromatic heterocycles. The van der Waals surface area contributed by atoms with Crippen LogP contribution >= 0.6 is 0 Å². The summed E-state index contributed by atoms with van der Waals surface area (Å²) in [6.45, 7) is 0.264. The first-order valence-electron chi connectivity index (χ1n) is 9.71. The van der Waals surface area contributed by atoms with E-state index in [4.69, 9.17) is 19.4 Å². The molecular weight excluding hydrogens is 352 g/mol. The van der Waals surface area contributed by atoms with Crippen molar-refractivity contribution >= 4 is 17.5 Å². The van der Waals surface area contributed by atoms with Crippen LogP contribution in [0.3, 0.4) is 0 Å². The summed E-state index contributed by atoms with van der Waals surface area (Å²) >= 11 is 0. The molecular formula is C22H22N4O2. The number of hydrogen-bond donors (Lipinski definition) is 2. The highest BCUT2D eigenvalue weighted by Gasteiger charge is 2.17. The molecule has 3 aromatic rings. The molecule has 2 aliphatic rings. The molecule has 142 valence electrons. The summed E-state index contributed by atoms with van der Waals surface area (Å²) < 4.78 is 10.9. The Labute approximate surface area is 163 Å². The lowest BCUT2D eigenvalue weighted by Gasteiger charge is -2.15. The van der Waals surface area contributed by atoms with E-state index >= 15 is 0 Å². The van der Waals surface area contributed by atoms with Crippen molar-refractivity contribution in [1.82, 2.24) is 9.97 Å². The third-order valence-electron chi connectivity index (χ3n) is 5.13. The van der Waals surface area contributed by atoms with Gasteiger partial charge < -0.3 is 20.1 Å². The minimum atomic E-state index is 0.264. The van der Waals surface area contributed by atoms with Crippen LogP contribution in [0.4, 0.5) is 17.5 Å². The van der Waals surface area contributed by atoms with Gasteiger partial charge in [-0.25, -0.2) is 4.98 Å². The molecule has 1 aliphatic carbocycles. The van der Waals surface area contributed by atoms with Crippen molar-refractivity contribution in [2.75, 3.05) is 17.4 Å². The fourth-order valence-corrected chi connectivity index (χ4v) is 3.71. The maximum atomic E-state index is 5.47. The molecule has 0 atom stereocenters. The third-order valence-corrected chi connectivity index (χ3v) is 5.13. The van der Waals surface area contributed by atoms with Crippen LogP contribution in [-0.2, 0) is 0 Å². The van der Waals surface area contributed by atoms with Crippen molar-refractivity contribution < 1.29 is 9.47 Å². The van der Waals surface area contributed by atoms with E-state index in [1.54, 1.807) is 0 Å². The fourth-order valence-electron chi connectivity index (χ4n) is 3.71. The molecule has 1 saturated carbocycles. The van der Waals surface area contributed by atoms with Crippen molar-refractivity contribution in [3.63, 3.8) is 0 Å². The number of fused-ring (bicyclic) bond motifs is 1. The minimum absolute atomic E-state index is 0.264. The zero-order valence-electron chi connectivity index (χ0n) is 15.5. The van der Waals surface area contributed by atoms with E-state index in [1.807, 2.05) is 42.5 Å². The lowest BCUT2D eigenvalue weighted by molar-refractivity contribution is 0.174. The predicted molar refractivity (Wildman–Crippen MR) is 109 cm³/mol. The third kappa shape index (κ3) is 3.58. The van der Waals surface area contributed by atoms with Crippen LogP contribution in [0, 0.1) is 0 Å². The molecule has 2 heterocycles. The second-order valence-electron chi connectivity index (χ2n) is 7.15. The number of rotatable bonds is 5. The Bertz CT molecular complexity index is 972.